The third-order valence-corrected chi connectivity index (χ3v) is 4.29. The minimum Gasteiger partial charge on any atom is -0.870 e. The molecule has 2 aromatic carbocycles. The van der Waals surface area contributed by atoms with Gasteiger partial charge in [0.1, 0.15) is 11.3 Å². The number of carbonyl (C=O) groups excluding carboxylic acids is 2. The number of ether oxygens (including phenoxy) is 1. The highest BCUT2D eigenvalue weighted by molar-refractivity contribution is 6.31. The maximum absolute atomic E-state index is 12.7. The van der Waals surface area contributed by atoms with Crippen LogP contribution in [0, 0.1) is 10.1 Å². The van der Waals surface area contributed by atoms with Crippen molar-refractivity contribution in [3.05, 3.63) is 63.2 Å². The molecule has 3 rings (SSSR count). The van der Waals surface area contributed by atoms with E-state index in [0.717, 1.165) is 35.2 Å². The van der Waals surface area contributed by atoms with Crippen molar-refractivity contribution in [2.75, 3.05) is 12.1 Å². The van der Waals surface area contributed by atoms with E-state index >= 15 is 0 Å². The Kier molecular flexibility index (Phi) is 4.99. The van der Waals surface area contributed by atoms with Gasteiger partial charge in [-0.2, -0.15) is 0 Å². The van der Waals surface area contributed by atoms with E-state index in [1.165, 1.54) is 7.11 Å². The van der Waals surface area contributed by atoms with Crippen LogP contribution >= 0.6 is 0 Å². The zero-order valence-corrected chi connectivity index (χ0v) is 15.1. The Morgan fingerprint density at radius 1 is 1.21 bits per heavy atom. The summed E-state index contributed by atoms with van der Waals surface area (Å²) in [5.74, 6) is -2.29. The second kappa shape index (κ2) is 7.39. The lowest BCUT2D eigenvalue weighted by atomic mass is 10.1. The van der Waals surface area contributed by atoms with Crippen LogP contribution in [0.5, 0.6) is 11.5 Å². The highest BCUT2D eigenvalue weighted by Crippen LogP contribution is 2.34. The van der Waals surface area contributed by atoms with E-state index < -0.39 is 22.5 Å². The molecule has 2 aromatic rings. The SMILES string of the molecule is CCc1ccc(N2NC(=O)/C(=C\c3cc([N+](=O)[O-])cc(OC)c3[O-])C2=O)cc1. The molecule has 0 bridgehead atoms. The number of amides is 2. The average molecular weight is 382 g/mol. The molecule has 1 aliphatic rings. The maximum Gasteiger partial charge on any atom is 0.282 e. The molecular formula is C19H16N3O6-. The summed E-state index contributed by atoms with van der Waals surface area (Å²) in [4.78, 5) is 35.3. The van der Waals surface area contributed by atoms with Crippen molar-refractivity contribution in [3.8, 4) is 11.5 Å². The highest BCUT2D eigenvalue weighted by atomic mass is 16.6. The van der Waals surface area contributed by atoms with Crippen LogP contribution in [0.25, 0.3) is 6.08 Å². The number of non-ortho nitro benzene ring substituents is 1. The molecule has 1 heterocycles. The summed E-state index contributed by atoms with van der Waals surface area (Å²) in [5.41, 5.74) is 3.06. The van der Waals surface area contributed by atoms with Gasteiger partial charge in [-0.25, -0.2) is 5.01 Å². The molecule has 1 N–H and O–H groups in total. The van der Waals surface area contributed by atoms with Gasteiger partial charge in [0, 0.05) is 6.07 Å². The number of methoxy groups -OCH3 is 1. The number of aryl methyl sites for hydroxylation is 1. The molecule has 0 aromatic heterocycles. The van der Waals surface area contributed by atoms with Crippen LogP contribution in [0.1, 0.15) is 18.1 Å². The normalized spacial score (nSPS) is 15.1. The van der Waals surface area contributed by atoms with Gasteiger partial charge in [0.05, 0.1) is 23.8 Å². The van der Waals surface area contributed by atoms with Crippen LogP contribution in [0.4, 0.5) is 11.4 Å². The van der Waals surface area contributed by atoms with Gasteiger partial charge >= 0.3 is 0 Å². The fourth-order valence-corrected chi connectivity index (χ4v) is 2.75. The zero-order chi connectivity index (χ0) is 20.4. The topological polar surface area (TPSA) is 125 Å². The summed E-state index contributed by atoms with van der Waals surface area (Å²) in [6, 6.07) is 9.03. The molecule has 28 heavy (non-hydrogen) atoms. The van der Waals surface area contributed by atoms with Crippen molar-refractivity contribution < 1.29 is 24.4 Å². The summed E-state index contributed by atoms with van der Waals surface area (Å²) in [6.07, 6.45) is 1.86. The van der Waals surface area contributed by atoms with Crippen LogP contribution in [0.15, 0.2) is 42.0 Å². The Bertz CT molecular complexity index is 997. The molecule has 9 heteroatoms. The molecule has 2 amide bonds. The first-order valence-corrected chi connectivity index (χ1v) is 8.35. The molecule has 0 atom stereocenters. The van der Waals surface area contributed by atoms with Crippen molar-refractivity contribution >= 4 is 29.3 Å². The minimum absolute atomic E-state index is 0.187. The summed E-state index contributed by atoms with van der Waals surface area (Å²) >= 11 is 0. The Balaban J connectivity index is 2.00. The number of hydrogen-bond acceptors (Lipinski definition) is 6. The first-order valence-electron chi connectivity index (χ1n) is 8.35. The van der Waals surface area contributed by atoms with E-state index in [-0.39, 0.29) is 22.6 Å². The predicted octanol–water partition coefficient (Wildman–Crippen LogP) is 1.70. The van der Waals surface area contributed by atoms with E-state index in [1.807, 2.05) is 19.1 Å². The van der Waals surface area contributed by atoms with E-state index in [9.17, 15) is 24.8 Å². The van der Waals surface area contributed by atoms with E-state index in [0.29, 0.717) is 5.69 Å². The van der Waals surface area contributed by atoms with Crippen LogP contribution in [-0.4, -0.2) is 23.8 Å². The van der Waals surface area contributed by atoms with Crippen molar-refractivity contribution in [1.29, 1.82) is 0 Å². The molecule has 144 valence electrons. The molecule has 0 unspecified atom stereocenters. The third-order valence-electron chi connectivity index (χ3n) is 4.29. The number of nitrogens with zero attached hydrogens (tertiary/aromatic N) is 2. The lowest BCUT2D eigenvalue weighted by molar-refractivity contribution is -0.385. The van der Waals surface area contributed by atoms with Gasteiger partial charge in [-0.1, -0.05) is 24.8 Å². The van der Waals surface area contributed by atoms with E-state index in [2.05, 4.69) is 5.43 Å². The first kappa shape index (κ1) is 18.9. The highest BCUT2D eigenvalue weighted by Gasteiger charge is 2.34. The van der Waals surface area contributed by atoms with Gasteiger partial charge in [0.15, 0.2) is 0 Å². The van der Waals surface area contributed by atoms with Crippen LogP contribution in [0.2, 0.25) is 0 Å². The second-order valence-electron chi connectivity index (χ2n) is 5.98. The molecule has 0 saturated carbocycles. The van der Waals surface area contributed by atoms with Gasteiger partial charge in [-0.3, -0.25) is 25.1 Å². The summed E-state index contributed by atoms with van der Waals surface area (Å²) in [5, 5.41) is 24.5. The van der Waals surface area contributed by atoms with Crippen molar-refractivity contribution in [2.24, 2.45) is 0 Å². The van der Waals surface area contributed by atoms with Crippen molar-refractivity contribution in [2.45, 2.75) is 13.3 Å². The zero-order valence-electron chi connectivity index (χ0n) is 15.1. The molecule has 1 aliphatic heterocycles. The lowest BCUT2D eigenvalue weighted by Gasteiger charge is -2.16. The minimum atomic E-state index is -0.713. The quantitative estimate of drug-likeness (QED) is 0.363. The van der Waals surface area contributed by atoms with Gasteiger partial charge in [0.25, 0.3) is 17.5 Å². The molecule has 1 saturated heterocycles. The number of rotatable bonds is 5. The molecular weight excluding hydrogens is 366 g/mol. The van der Waals surface area contributed by atoms with Gasteiger partial charge in [0.2, 0.25) is 0 Å². The Hall–Kier alpha value is -3.88. The van der Waals surface area contributed by atoms with Crippen molar-refractivity contribution in [1.82, 2.24) is 5.43 Å². The number of hydrazine groups is 1. The number of nitro benzene ring substituents is 1. The smallest absolute Gasteiger partial charge is 0.282 e. The Morgan fingerprint density at radius 3 is 2.46 bits per heavy atom. The number of anilines is 1. The number of carbonyl (C=O) groups is 2. The van der Waals surface area contributed by atoms with Crippen LogP contribution < -0.4 is 20.3 Å². The van der Waals surface area contributed by atoms with Gasteiger partial charge in [-0.15, -0.1) is 0 Å². The van der Waals surface area contributed by atoms with E-state index in [4.69, 9.17) is 4.74 Å². The second-order valence-corrected chi connectivity index (χ2v) is 5.98. The predicted molar refractivity (Wildman–Crippen MR) is 98.5 cm³/mol. The third kappa shape index (κ3) is 3.37. The summed E-state index contributed by atoms with van der Waals surface area (Å²) in [6.45, 7) is 1.99. The average Bonchev–Trinajstić information content (AvgIpc) is 2.97. The van der Waals surface area contributed by atoms with Crippen LogP contribution in [-0.2, 0) is 16.0 Å². The number of nitrogens with one attached hydrogen (secondary N) is 1. The van der Waals surface area contributed by atoms with E-state index in [1.54, 1.807) is 12.1 Å². The lowest BCUT2D eigenvalue weighted by Crippen LogP contribution is -2.35. The summed E-state index contributed by atoms with van der Waals surface area (Å²) in [7, 11) is 1.20. The molecule has 0 spiro atoms. The number of hydrogen-bond donors (Lipinski definition) is 1. The largest absolute Gasteiger partial charge is 0.870 e. The fourth-order valence-electron chi connectivity index (χ4n) is 2.75. The number of nitro groups is 1. The van der Waals surface area contributed by atoms with Gasteiger partial charge in [-0.05, 0) is 35.8 Å². The maximum atomic E-state index is 12.7. The summed E-state index contributed by atoms with van der Waals surface area (Å²) < 4.78 is 4.86. The van der Waals surface area contributed by atoms with Crippen molar-refractivity contribution in [3.63, 3.8) is 0 Å². The fraction of sp³-hybridized carbons (Fsp3) is 0.158. The number of benzene rings is 2. The first-order chi connectivity index (χ1) is 13.3. The molecule has 0 radical (unpaired) electrons. The molecule has 0 aliphatic carbocycles. The Morgan fingerprint density at radius 2 is 1.89 bits per heavy atom. The Labute approximate surface area is 160 Å². The molecule has 1 fully saturated rings. The van der Waals surface area contributed by atoms with Gasteiger partial charge < -0.3 is 9.84 Å². The van der Waals surface area contributed by atoms with Crippen LogP contribution in [0.3, 0.4) is 0 Å². The monoisotopic (exact) mass is 382 g/mol. The molecule has 9 nitrogen and oxygen atoms in total. The standard InChI is InChI=1S/C19H17N3O6/c1-3-11-4-6-13(7-5-11)21-19(25)15(18(24)20-21)9-12-8-14(22(26)27)10-16(28-2)17(12)23/h4-10,23H,3H2,1-2H3,(H,20,24)/p-1/b15-9+.